The lowest BCUT2D eigenvalue weighted by molar-refractivity contribution is -0.136. The molecule has 1 saturated heterocycles. The van der Waals surface area contributed by atoms with E-state index in [0.29, 0.717) is 19.4 Å². The third kappa shape index (κ3) is 3.67. The number of hydrogen-bond donors (Lipinski definition) is 0. The molecule has 0 aliphatic carbocycles. The van der Waals surface area contributed by atoms with Crippen molar-refractivity contribution >= 4 is 28.8 Å². The van der Waals surface area contributed by atoms with E-state index in [1.54, 1.807) is 28.2 Å². The van der Waals surface area contributed by atoms with Crippen LogP contribution < -0.4 is 4.90 Å². The Labute approximate surface area is 146 Å². The summed E-state index contributed by atoms with van der Waals surface area (Å²) < 4.78 is 0. The zero-order chi connectivity index (χ0) is 16.9. The highest BCUT2D eigenvalue weighted by Crippen LogP contribution is 2.24. The van der Waals surface area contributed by atoms with Crippen molar-refractivity contribution in [3.63, 3.8) is 0 Å². The number of carbonyl (C=O) groups is 2. The van der Waals surface area contributed by atoms with Gasteiger partial charge in [0.2, 0.25) is 11.8 Å². The van der Waals surface area contributed by atoms with E-state index in [1.807, 2.05) is 36.4 Å². The molecular weight excluding hydrogens is 320 g/mol. The van der Waals surface area contributed by atoms with Crippen molar-refractivity contribution < 1.29 is 9.59 Å². The summed E-state index contributed by atoms with van der Waals surface area (Å²) in [7, 11) is 1.75. The van der Waals surface area contributed by atoms with Crippen LogP contribution in [0.5, 0.6) is 0 Å². The Morgan fingerprint density at radius 2 is 2.04 bits per heavy atom. The maximum Gasteiger partial charge on any atom is 0.249 e. The highest BCUT2D eigenvalue weighted by molar-refractivity contribution is 7.09. The largest absolute Gasteiger partial charge is 0.334 e. The van der Waals surface area contributed by atoms with E-state index in [1.165, 1.54) is 4.88 Å². The SMILES string of the molecule is CN(C(=O)CCCc1cccs1)C1CCN(c2ccccc2)C1=O. The lowest BCUT2D eigenvalue weighted by atomic mass is 10.1. The number of anilines is 1. The molecule has 126 valence electrons. The summed E-state index contributed by atoms with van der Waals surface area (Å²) in [4.78, 5) is 29.8. The van der Waals surface area contributed by atoms with Crippen LogP contribution in [0.1, 0.15) is 24.1 Å². The molecule has 1 aliphatic heterocycles. The fraction of sp³-hybridized carbons (Fsp3) is 0.368. The minimum absolute atomic E-state index is 0.0234. The second kappa shape index (κ2) is 7.62. The molecule has 1 atom stereocenters. The van der Waals surface area contributed by atoms with Crippen LogP contribution in [0.4, 0.5) is 5.69 Å². The number of hydrogen-bond acceptors (Lipinski definition) is 3. The van der Waals surface area contributed by atoms with Crippen molar-refractivity contribution in [2.45, 2.75) is 31.7 Å². The average Bonchev–Trinajstić information content (AvgIpc) is 3.24. The third-order valence-corrected chi connectivity index (χ3v) is 5.44. The second-order valence-electron chi connectivity index (χ2n) is 6.07. The first kappa shape index (κ1) is 16.7. The van der Waals surface area contributed by atoms with Gasteiger partial charge in [-0.3, -0.25) is 9.59 Å². The third-order valence-electron chi connectivity index (χ3n) is 4.50. The van der Waals surface area contributed by atoms with Crippen LogP contribution in [-0.2, 0) is 16.0 Å². The van der Waals surface area contributed by atoms with Gasteiger partial charge < -0.3 is 9.80 Å². The minimum Gasteiger partial charge on any atom is -0.334 e. The zero-order valence-corrected chi connectivity index (χ0v) is 14.7. The van der Waals surface area contributed by atoms with E-state index in [2.05, 4.69) is 11.4 Å². The van der Waals surface area contributed by atoms with Crippen molar-refractivity contribution in [2.24, 2.45) is 0 Å². The quantitative estimate of drug-likeness (QED) is 0.808. The molecule has 0 N–H and O–H groups in total. The van der Waals surface area contributed by atoms with Gasteiger partial charge in [0.15, 0.2) is 0 Å². The highest BCUT2D eigenvalue weighted by Gasteiger charge is 2.36. The number of aryl methyl sites for hydroxylation is 1. The lowest BCUT2D eigenvalue weighted by Gasteiger charge is -2.24. The number of thiophene rings is 1. The van der Waals surface area contributed by atoms with Crippen molar-refractivity contribution in [1.82, 2.24) is 4.90 Å². The van der Waals surface area contributed by atoms with Gasteiger partial charge in [0, 0.05) is 30.6 Å². The molecule has 4 nitrogen and oxygen atoms in total. The van der Waals surface area contributed by atoms with Crippen LogP contribution in [0.3, 0.4) is 0 Å². The van der Waals surface area contributed by atoms with Crippen molar-refractivity contribution in [3.05, 3.63) is 52.7 Å². The first-order valence-corrected chi connectivity index (χ1v) is 9.19. The van der Waals surface area contributed by atoms with Gasteiger partial charge in [-0.2, -0.15) is 0 Å². The number of benzene rings is 1. The average molecular weight is 342 g/mol. The van der Waals surface area contributed by atoms with E-state index in [-0.39, 0.29) is 17.9 Å². The number of amides is 2. The van der Waals surface area contributed by atoms with Gasteiger partial charge in [0.1, 0.15) is 6.04 Å². The fourth-order valence-corrected chi connectivity index (χ4v) is 3.86. The Morgan fingerprint density at radius 3 is 2.75 bits per heavy atom. The van der Waals surface area contributed by atoms with Gasteiger partial charge in [0.05, 0.1) is 0 Å². The molecule has 0 saturated carbocycles. The minimum atomic E-state index is -0.334. The number of carbonyl (C=O) groups excluding carboxylic acids is 2. The van der Waals surface area contributed by atoms with E-state index in [9.17, 15) is 9.59 Å². The van der Waals surface area contributed by atoms with Crippen LogP contribution in [0.25, 0.3) is 0 Å². The fourth-order valence-electron chi connectivity index (χ4n) is 3.11. The highest BCUT2D eigenvalue weighted by atomic mass is 32.1. The molecular formula is C19H22N2O2S. The van der Waals surface area contributed by atoms with Crippen molar-refractivity contribution in [2.75, 3.05) is 18.5 Å². The lowest BCUT2D eigenvalue weighted by Crippen LogP contribution is -2.42. The van der Waals surface area contributed by atoms with E-state index in [4.69, 9.17) is 0 Å². The maximum atomic E-state index is 12.6. The Bertz CT molecular complexity index is 685. The van der Waals surface area contributed by atoms with Gasteiger partial charge in [0.25, 0.3) is 0 Å². The van der Waals surface area contributed by atoms with E-state index < -0.39 is 0 Å². The van der Waals surface area contributed by atoms with Gasteiger partial charge >= 0.3 is 0 Å². The van der Waals surface area contributed by atoms with Gasteiger partial charge in [-0.15, -0.1) is 11.3 Å². The molecule has 1 aliphatic rings. The maximum absolute atomic E-state index is 12.6. The van der Waals surface area contributed by atoms with Gasteiger partial charge in [-0.1, -0.05) is 24.3 Å². The monoisotopic (exact) mass is 342 g/mol. The van der Waals surface area contributed by atoms with Crippen LogP contribution in [0.15, 0.2) is 47.8 Å². The summed E-state index contributed by atoms with van der Waals surface area (Å²) in [6.45, 7) is 0.667. The summed E-state index contributed by atoms with van der Waals surface area (Å²) in [6, 6.07) is 13.4. The summed E-state index contributed by atoms with van der Waals surface area (Å²) in [5.74, 6) is 0.0788. The topological polar surface area (TPSA) is 40.6 Å². The number of likely N-dealkylation sites (N-methyl/N-ethyl adjacent to an activating group) is 1. The molecule has 1 aromatic carbocycles. The predicted molar refractivity (Wildman–Crippen MR) is 97.2 cm³/mol. The molecule has 5 heteroatoms. The number of para-hydroxylation sites is 1. The molecule has 2 heterocycles. The van der Waals surface area contributed by atoms with Gasteiger partial charge in [-0.25, -0.2) is 0 Å². The number of nitrogens with zero attached hydrogens (tertiary/aromatic N) is 2. The first-order valence-electron chi connectivity index (χ1n) is 8.31. The molecule has 24 heavy (non-hydrogen) atoms. The molecule has 3 rings (SSSR count). The predicted octanol–water partition coefficient (Wildman–Crippen LogP) is 3.33. The van der Waals surface area contributed by atoms with Gasteiger partial charge in [-0.05, 0) is 42.8 Å². The molecule has 2 aromatic rings. The normalized spacial score (nSPS) is 17.3. The standard InChI is InChI=1S/C19H22N2O2S/c1-20(18(22)11-5-9-16-10-6-14-24-16)17-12-13-21(19(17)23)15-7-3-2-4-8-15/h2-4,6-8,10,14,17H,5,9,11-13H2,1H3. The molecule has 0 bridgehead atoms. The van der Waals surface area contributed by atoms with Crippen LogP contribution in [0.2, 0.25) is 0 Å². The molecule has 1 aromatic heterocycles. The summed E-state index contributed by atoms with van der Waals surface area (Å²) in [5, 5.41) is 2.05. The van der Waals surface area contributed by atoms with Crippen LogP contribution in [-0.4, -0.2) is 36.3 Å². The Hall–Kier alpha value is -2.14. The Morgan fingerprint density at radius 1 is 1.25 bits per heavy atom. The molecule has 1 unspecified atom stereocenters. The zero-order valence-electron chi connectivity index (χ0n) is 13.9. The van der Waals surface area contributed by atoms with Crippen LogP contribution >= 0.6 is 11.3 Å². The van der Waals surface area contributed by atoms with Crippen molar-refractivity contribution in [1.29, 1.82) is 0 Å². The summed E-state index contributed by atoms with van der Waals surface area (Å²) in [6.07, 6.45) is 2.93. The van der Waals surface area contributed by atoms with E-state index >= 15 is 0 Å². The summed E-state index contributed by atoms with van der Waals surface area (Å²) in [5.41, 5.74) is 0.906. The van der Waals surface area contributed by atoms with Crippen LogP contribution in [0, 0.1) is 0 Å². The smallest absolute Gasteiger partial charge is 0.249 e. The molecule has 0 radical (unpaired) electrons. The molecule has 2 amide bonds. The second-order valence-corrected chi connectivity index (χ2v) is 7.10. The Balaban J connectivity index is 1.54. The molecule has 0 spiro atoms. The van der Waals surface area contributed by atoms with Crippen molar-refractivity contribution in [3.8, 4) is 0 Å². The first-order chi connectivity index (χ1) is 11.7. The number of rotatable bonds is 6. The van der Waals surface area contributed by atoms with E-state index in [0.717, 1.165) is 18.5 Å². The Kier molecular flexibility index (Phi) is 5.30. The summed E-state index contributed by atoms with van der Waals surface area (Å²) >= 11 is 1.72. The molecule has 1 fully saturated rings.